The molecule has 0 N–H and O–H groups in total. The molecule has 1 aromatic rings. The molecular formula is C21H30N2O3S. The van der Waals surface area contributed by atoms with Crippen LogP contribution in [0.1, 0.15) is 45.4 Å². The molecule has 5 nitrogen and oxygen atoms in total. The normalized spacial score (nSPS) is 18.7. The first kappa shape index (κ1) is 20.1. The van der Waals surface area contributed by atoms with Gasteiger partial charge in [0.25, 0.3) is 5.91 Å². The maximum atomic E-state index is 12.8. The zero-order chi connectivity index (χ0) is 19.1. The summed E-state index contributed by atoms with van der Waals surface area (Å²) in [5.74, 6) is 2.00. The highest BCUT2D eigenvalue weighted by Crippen LogP contribution is 2.44. The second-order valence-corrected chi connectivity index (χ2v) is 8.74. The van der Waals surface area contributed by atoms with E-state index in [1.807, 2.05) is 51.9 Å². The summed E-state index contributed by atoms with van der Waals surface area (Å²) in [5, 5.41) is 0. The lowest BCUT2D eigenvalue weighted by atomic mass is 10.0. The number of unbranched alkanes of at least 4 members (excludes halogenated alkanes) is 2. The number of amides is 2. The third-order valence-electron chi connectivity index (χ3n) is 5.48. The van der Waals surface area contributed by atoms with Gasteiger partial charge in [-0.3, -0.25) is 9.59 Å². The molecule has 0 saturated carbocycles. The minimum absolute atomic E-state index is 0.0478. The van der Waals surface area contributed by atoms with E-state index < -0.39 is 0 Å². The van der Waals surface area contributed by atoms with Gasteiger partial charge in [-0.2, -0.15) is 0 Å². The molecule has 2 aliphatic rings. The van der Waals surface area contributed by atoms with Gasteiger partial charge in [-0.15, -0.1) is 11.8 Å². The van der Waals surface area contributed by atoms with Crippen LogP contribution in [0.5, 0.6) is 5.75 Å². The zero-order valence-electron chi connectivity index (χ0n) is 16.2. The molecule has 2 saturated heterocycles. The number of nitrogens with zero attached hydrogens (tertiary/aromatic N) is 2. The SMILES string of the molecule is CCCCCC(=O)N1CCC2(CC1)SCCN2C(=O)COc1ccccc1. The van der Waals surface area contributed by atoms with Crippen molar-refractivity contribution in [2.24, 2.45) is 0 Å². The van der Waals surface area contributed by atoms with Crippen LogP contribution in [0.25, 0.3) is 0 Å². The average molecular weight is 391 g/mol. The summed E-state index contributed by atoms with van der Waals surface area (Å²) in [7, 11) is 0. The first-order valence-corrected chi connectivity index (χ1v) is 11.0. The average Bonchev–Trinajstić information content (AvgIpc) is 3.10. The first-order valence-electron chi connectivity index (χ1n) is 10.0. The third kappa shape index (κ3) is 4.98. The topological polar surface area (TPSA) is 49.9 Å². The molecule has 0 atom stereocenters. The standard InChI is InChI=1S/C21H30N2O3S/c1-2-3-5-10-19(24)22-13-11-21(12-14-22)23(15-16-27-21)20(25)17-26-18-8-6-4-7-9-18/h4,6-9H,2-3,5,10-17H2,1H3. The van der Waals surface area contributed by atoms with Crippen molar-refractivity contribution in [2.45, 2.75) is 50.3 Å². The van der Waals surface area contributed by atoms with Gasteiger partial charge in [0, 0.05) is 31.8 Å². The van der Waals surface area contributed by atoms with Gasteiger partial charge in [0.2, 0.25) is 5.91 Å². The van der Waals surface area contributed by atoms with Crippen LogP contribution in [-0.4, -0.2) is 58.5 Å². The number of benzene rings is 1. The number of hydrogen-bond donors (Lipinski definition) is 0. The van der Waals surface area contributed by atoms with E-state index >= 15 is 0 Å². The fourth-order valence-electron chi connectivity index (χ4n) is 3.90. The minimum Gasteiger partial charge on any atom is -0.484 e. The van der Waals surface area contributed by atoms with Crippen LogP contribution >= 0.6 is 11.8 Å². The number of rotatable bonds is 7. The Balaban J connectivity index is 1.51. The molecule has 1 aromatic carbocycles. The Hall–Kier alpha value is -1.69. The Bertz CT molecular complexity index is 630. The van der Waals surface area contributed by atoms with Crippen LogP contribution in [0, 0.1) is 0 Å². The fourth-order valence-corrected chi connectivity index (χ4v) is 5.38. The highest BCUT2D eigenvalue weighted by Gasteiger charge is 2.46. The summed E-state index contributed by atoms with van der Waals surface area (Å²) in [5.41, 5.74) is 0. The lowest BCUT2D eigenvalue weighted by molar-refractivity contribution is -0.138. The number of ether oxygens (including phenoxy) is 1. The Morgan fingerprint density at radius 1 is 1.07 bits per heavy atom. The molecule has 27 heavy (non-hydrogen) atoms. The van der Waals surface area contributed by atoms with Gasteiger partial charge in [-0.25, -0.2) is 0 Å². The maximum Gasteiger partial charge on any atom is 0.261 e. The number of likely N-dealkylation sites (tertiary alicyclic amines) is 1. The quantitative estimate of drug-likeness (QED) is 0.668. The molecular weight excluding hydrogens is 360 g/mol. The Labute approximate surface area is 166 Å². The van der Waals surface area contributed by atoms with Crippen molar-refractivity contribution >= 4 is 23.6 Å². The van der Waals surface area contributed by atoms with E-state index in [1.165, 1.54) is 0 Å². The highest BCUT2D eigenvalue weighted by atomic mass is 32.2. The highest BCUT2D eigenvalue weighted by molar-refractivity contribution is 8.00. The summed E-state index contributed by atoms with van der Waals surface area (Å²) < 4.78 is 5.66. The molecule has 2 amide bonds. The number of para-hydroxylation sites is 1. The predicted octanol–water partition coefficient (Wildman–Crippen LogP) is 3.54. The number of thioether (sulfide) groups is 1. The summed E-state index contributed by atoms with van der Waals surface area (Å²) in [6.07, 6.45) is 5.59. The molecule has 2 fully saturated rings. The predicted molar refractivity (Wildman–Crippen MR) is 109 cm³/mol. The van der Waals surface area contributed by atoms with E-state index in [-0.39, 0.29) is 23.3 Å². The van der Waals surface area contributed by atoms with Gasteiger partial charge in [-0.1, -0.05) is 38.0 Å². The second-order valence-electron chi connectivity index (χ2n) is 7.28. The molecule has 0 unspecified atom stereocenters. The Kier molecular flexibility index (Phi) is 7.05. The summed E-state index contributed by atoms with van der Waals surface area (Å²) in [6.45, 7) is 4.50. The molecule has 0 aliphatic carbocycles. The summed E-state index contributed by atoms with van der Waals surface area (Å²) in [4.78, 5) is 29.0. The van der Waals surface area contributed by atoms with Gasteiger partial charge in [0.15, 0.2) is 6.61 Å². The van der Waals surface area contributed by atoms with Crippen molar-refractivity contribution in [1.29, 1.82) is 0 Å². The van der Waals surface area contributed by atoms with Crippen molar-refractivity contribution in [1.82, 2.24) is 9.80 Å². The maximum absolute atomic E-state index is 12.8. The van der Waals surface area contributed by atoms with Crippen molar-refractivity contribution in [3.05, 3.63) is 30.3 Å². The molecule has 1 spiro atoms. The van der Waals surface area contributed by atoms with Crippen LogP contribution < -0.4 is 4.74 Å². The van der Waals surface area contributed by atoms with E-state index in [2.05, 4.69) is 6.92 Å². The number of carbonyl (C=O) groups excluding carboxylic acids is 2. The smallest absolute Gasteiger partial charge is 0.261 e. The van der Waals surface area contributed by atoms with Gasteiger partial charge in [0.1, 0.15) is 5.75 Å². The largest absolute Gasteiger partial charge is 0.484 e. The molecule has 2 aliphatic heterocycles. The molecule has 6 heteroatoms. The van der Waals surface area contributed by atoms with Crippen LogP contribution in [0.3, 0.4) is 0 Å². The molecule has 148 valence electrons. The van der Waals surface area contributed by atoms with Gasteiger partial charge >= 0.3 is 0 Å². The van der Waals surface area contributed by atoms with E-state index in [0.29, 0.717) is 6.42 Å². The molecule has 0 bridgehead atoms. The fraction of sp³-hybridized carbons (Fsp3) is 0.619. The zero-order valence-corrected chi connectivity index (χ0v) is 17.0. The van der Waals surface area contributed by atoms with Gasteiger partial charge < -0.3 is 14.5 Å². The Morgan fingerprint density at radius 2 is 1.81 bits per heavy atom. The van der Waals surface area contributed by atoms with Gasteiger partial charge in [0.05, 0.1) is 4.87 Å². The number of hydrogen-bond acceptors (Lipinski definition) is 4. The number of carbonyl (C=O) groups is 2. The van der Waals surface area contributed by atoms with E-state index in [4.69, 9.17) is 4.74 Å². The molecule has 2 heterocycles. The van der Waals surface area contributed by atoms with Crippen molar-refractivity contribution in [2.75, 3.05) is 32.0 Å². The van der Waals surface area contributed by atoms with Crippen molar-refractivity contribution in [3.63, 3.8) is 0 Å². The molecule has 0 aromatic heterocycles. The van der Waals surface area contributed by atoms with E-state index in [9.17, 15) is 9.59 Å². The second kappa shape index (κ2) is 9.49. The van der Waals surface area contributed by atoms with Crippen LogP contribution in [-0.2, 0) is 9.59 Å². The lowest BCUT2D eigenvalue weighted by Crippen LogP contribution is -2.54. The van der Waals surface area contributed by atoms with Gasteiger partial charge in [-0.05, 0) is 31.4 Å². The summed E-state index contributed by atoms with van der Waals surface area (Å²) in [6, 6.07) is 9.47. The van der Waals surface area contributed by atoms with Crippen LogP contribution in [0.4, 0.5) is 0 Å². The van der Waals surface area contributed by atoms with Crippen LogP contribution in [0.2, 0.25) is 0 Å². The molecule has 3 rings (SSSR count). The summed E-state index contributed by atoms with van der Waals surface area (Å²) >= 11 is 1.87. The monoisotopic (exact) mass is 390 g/mol. The van der Waals surface area contributed by atoms with Crippen molar-refractivity contribution < 1.29 is 14.3 Å². The minimum atomic E-state index is -0.155. The van der Waals surface area contributed by atoms with Crippen molar-refractivity contribution in [3.8, 4) is 5.75 Å². The lowest BCUT2D eigenvalue weighted by Gasteiger charge is -2.44. The third-order valence-corrected chi connectivity index (χ3v) is 7.03. The Morgan fingerprint density at radius 3 is 2.52 bits per heavy atom. The van der Waals surface area contributed by atoms with E-state index in [0.717, 1.165) is 63.2 Å². The van der Waals surface area contributed by atoms with Crippen LogP contribution in [0.15, 0.2) is 30.3 Å². The molecule has 0 radical (unpaired) electrons. The van der Waals surface area contributed by atoms with E-state index in [1.54, 1.807) is 0 Å². The first-order chi connectivity index (χ1) is 13.1. The number of piperidine rings is 1.